The second-order valence-electron chi connectivity index (χ2n) is 8.67. The monoisotopic (exact) mass is 424 g/mol. The van der Waals surface area contributed by atoms with Gasteiger partial charge in [-0.2, -0.15) is 0 Å². The van der Waals surface area contributed by atoms with E-state index in [9.17, 15) is 9.59 Å². The van der Waals surface area contributed by atoms with Gasteiger partial charge in [0.15, 0.2) is 0 Å². The fraction of sp³-hybridized carbons (Fsp3) is 0.591. The Morgan fingerprint density at radius 2 is 1.94 bits per heavy atom. The summed E-state index contributed by atoms with van der Waals surface area (Å²) in [6, 6.07) is 0. The number of carbonyl (C=O) groups is 1. The van der Waals surface area contributed by atoms with E-state index in [1.807, 2.05) is 4.90 Å². The molecule has 0 radical (unpaired) electrons. The zero-order chi connectivity index (χ0) is 21.3. The van der Waals surface area contributed by atoms with E-state index in [1.165, 1.54) is 0 Å². The Labute approximate surface area is 180 Å². The molecule has 1 aliphatic carbocycles. The van der Waals surface area contributed by atoms with Crippen molar-refractivity contribution in [3.63, 3.8) is 0 Å². The van der Waals surface area contributed by atoms with E-state index in [2.05, 4.69) is 19.9 Å². The summed E-state index contributed by atoms with van der Waals surface area (Å²) in [5.41, 5.74) is 2.54. The van der Waals surface area contributed by atoms with Gasteiger partial charge >= 0.3 is 0 Å². The number of nitrogens with one attached hydrogen (secondary N) is 1. The molecule has 1 spiro atoms. The molecule has 2 aliphatic heterocycles. The molecule has 2 aromatic rings. The Kier molecular flexibility index (Phi) is 5.43. The summed E-state index contributed by atoms with van der Waals surface area (Å²) >= 11 is 0. The zero-order valence-corrected chi connectivity index (χ0v) is 17.7. The molecular weight excluding hydrogens is 396 g/mol. The molecule has 164 valence electrons. The summed E-state index contributed by atoms with van der Waals surface area (Å²) in [6.07, 6.45) is 9.47. The lowest BCUT2D eigenvalue weighted by molar-refractivity contribution is -0.132. The van der Waals surface area contributed by atoms with Crippen LogP contribution in [0.25, 0.3) is 0 Å². The van der Waals surface area contributed by atoms with Crippen LogP contribution in [0.4, 0.5) is 5.95 Å². The highest BCUT2D eigenvalue weighted by atomic mass is 16.5. The van der Waals surface area contributed by atoms with Crippen molar-refractivity contribution < 1.29 is 9.53 Å². The number of piperidine rings is 1. The van der Waals surface area contributed by atoms with Crippen molar-refractivity contribution in [1.82, 2.24) is 24.8 Å². The molecule has 9 nitrogen and oxygen atoms in total. The van der Waals surface area contributed by atoms with Crippen molar-refractivity contribution in [2.75, 3.05) is 44.3 Å². The molecule has 1 N–H and O–H groups in total. The number of nitrogens with zero attached hydrogens (tertiary/aromatic N) is 5. The molecule has 2 aromatic heterocycles. The molecule has 4 heterocycles. The van der Waals surface area contributed by atoms with Crippen molar-refractivity contribution in [3.8, 4) is 0 Å². The standard InChI is InChI=1S/C22H28N6O3/c29-18(2-1-16-15-23-7-8-24-16)27-9-5-22(6-10-27)4-3-17-19(22)25-21(26-20(17)30)28-11-13-31-14-12-28/h7-8,15H,1-6,9-14H2,(H,25,26,30). The first-order valence-corrected chi connectivity index (χ1v) is 11.1. The zero-order valence-electron chi connectivity index (χ0n) is 17.7. The highest BCUT2D eigenvalue weighted by molar-refractivity contribution is 5.76. The maximum absolute atomic E-state index is 12.8. The second-order valence-corrected chi connectivity index (χ2v) is 8.67. The molecule has 2 saturated heterocycles. The van der Waals surface area contributed by atoms with Gasteiger partial charge in [0, 0.05) is 62.2 Å². The van der Waals surface area contributed by atoms with Crippen LogP contribution in [0.15, 0.2) is 23.4 Å². The van der Waals surface area contributed by atoms with E-state index in [-0.39, 0.29) is 16.9 Å². The van der Waals surface area contributed by atoms with Crippen molar-refractivity contribution >= 4 is 11.9 Å². The maximum Gasteiger partial charge on any atom is 0.255 e. The number of aromatic amines is 1. The van der Waals surface area contributed by atoms with Gasteiger partial charge in [-0.3, -0.25) is 24.5 Å². The molecule has 0 unspecified atom stereocenters. The van der Waals surface area contributed by atoms with Crippen LogP contribution in [0.3, 0.4) is 0 Å². The van der Waals surface area contributed by atoms with Crippen LogP contribution >= 0.6 is 0 Å². The number of morpholine rings is 1. The fourth-order valence-corrected chi connectivity index (χ4v) is 5.09. The molecule has 1 amide bonds. The first-order chi connectivity index (χ1) is 15.1. The number of hydrogen-bond donors (Lipinski definition) is 1. The minimum atomic E-state index is -0.0910. The van der Waals surface area contributed by atoms with Gasteiger partial charge in [-0.05, 0) is 32.1 Å². The number of amides is 1. The quantitative estimate of drug-likeness (QED) is 0.775. The summed E-state index contributed by atoms with van der Waals surface area (Å²) in [4.78, 5) is 45.8. The van der Waals surface area contributed by atoms with E-state index >= 15 is 0 Å². The number of hydrogen-bond acceptors (Lipinski definition) is 7. The number of H-pyrrole nitrogens is 1. The molecule has 0 atom stereocenters. The normalized spacial score (nSPS) is 20.1. The van der Waals surface area contributed by atoms with Crippen LogP contribution in [-0.4, -0.2) is 70.1 Å². The van der Waals surface area contributed by atoms with Crippen LogP contribution < -0.4 is 10.5 Å². The molecule has 3 aliphatic rings. The Morgan fingerprint density at radius 1 is 1.13 bits per heavy atom. The van der Waals surface area contributed by atoms with Crippen molar-refractivity contribution in [2.24, 2.45) is 0 Å². The third-order valence-electron chi connectivity index (χ3n) is 6.95. The van der Waals surface area contributed by atoms with Gasteiger partial charge < -0.3 is 14.5 Å². The number of carbonyl (C=O) groups excluding carboxylic acids is 1. The third-order valence-corrected chi connectivity index (χ3v) is 6.95. The van der Waals surface area contributed by atoms with E-state index in [0.717, 1.165) is 55.7 Å². The van der Waals surface area contributed by atoms with Crippen molar-refractivity contribution in [3.05, 3.63) is 45.9 Å². The Bertz CT molecular complexity index is 994. The lowest BCUT2D eigenvalue weighted by Gasteiger charge is -2.39. The first-order valence-electron chi connectivity index (χ1n) is 11.1. The SMILES string of the molecule is O=C(CCc1cnccn1)N1CCC2(CCc3c2nc(N2CCOCC2)[nH]c3=O)CC1. The lowest BCUT2D eigenvalue weighted by Crippen LogP contribution is -2.45. The molecule has 31 heavy (non-hydrogen) atoms. The fourth-order valence-electron chi connectivity index (χ4n) is 5.09. The Morgan fingerprint density at radius 3 is 2.68 bits per heavy atom. The average Bonchev–Trinajstić information content (AvgIpc) is 3.17. The lowest BCUT2D eigenvalue weighted by atomic mass is 9.76. The number of anilines is 1. The Balaban J connectivity index is 1.27. The largest absolute Gasteiger partial charge is 0.378 e. The third kappa shape index (κ3) is 3.94. The highest BCUT2D eigenvalue weighted by Gasteiger charge is 2.44. The smallest absolute Gasteiger partial charge is 0.255 e. The Hall–Kier alpha value is -2.81. The van der Waals surface area contributed by atoms with Gasteiger partial charge in [-0.1, -0.05) is 0 Å². The van der Waals surface area contributed by atoms with E-state index in [1.54, 1.807) is 18.6 Å². The first kappa shape index (κ1) is 20.1. The predicted molar refractivity (Wildman–Crippen MR) is 114 cm³/mol. The van der Waals surface area contributed by atoms with Gasteiger partial charge in [0.1, 0.15) is 0 Å². The van der Waals surface area contributed by atoms with E-state index < -0.39 is 0 Å². The molecular formula is C22H28N6O3. The molecule has 0 aromatic carbocycles. The average molecular weight is 425 g/mol. The number of likely N-dealkylation sites (tertiary alicyclic amines) is 1. The second kappa shape index (κ2) is 8.37. The molecule has 0 saturated carbocycles. The molecule has 5 rings (SSSR count). The summed E-state index contributed by atoms with van der Waals surface area (Å²) in [7, 11) is 0. The van der Waals surface area contributed by atoms with Crippen LogP contribution in [0.2, 0.25) is 0 Å². The van der Waals surface area contributed by atoms with Crippen LogP contribution in [0.5, 0.6) is 0 Å². The van der Waals surface area contributed by atoms with Gasteiger partial charge in [0.05, 0.1) is 24.6 Å². The van der Waals surface area contributed by atoms with Gasteiger partial charge in [-0.15, -0.1) is 0 Å². The molecule has 9 heteroatoms. The highest BCUT2D eigenvalue weighted by Crippen LogP contribution is 2.44. The summed E-state index contributed by atoms with van der Waals surface area (Å²) in [5, 5.41) is 0. The number of fused-ring (bicyclic) bond motifs is 2. The van der Waals surface area contributed by atoms with Crippen molar-refractivity contribution in [1.29, 1.82) is 0 Å². The molecule has 0 bridgehead atoms. The van der Waals surface area contributed by atoms with Gasteiger partial charge in [-0.25, -0.2) is 4.98 Å². The van der Waals surface area contributed by atoms with E-state index in [0.29, 0.717) is 45.1 Å². The minimum Gasteiger partial charge on any atom is -0.378 e. The number of aryl methyl sites for hydroxylation is 1. The number of rotatable bonds is 4. The van der Waals surface area contributed by atoms with E-state index in [4.69, 9.17) is 9.72 Å². The van der Waals surface area contributed by atoms with Gasteiger partial charge in [0.2, 0.25) is 11.9 Å². The maximum atomic E-state index is 12.8. The van der Waals surface area contributed by atoms with Crippen molar-refractivity contribution in [2.45, 2.75) is 43.9 Å². The number of aromatic nitrogens is 4. The molecule has 2 fully saturated rings. The van der Waals surface area contributed by atoms with Crippen LogP contribution in [0, 0.1) is 0 Å². The summed E-state index contributed by atoms with van der Waals surface area (Å²) in [5.74, 6) is 0.822. The summed E-state index contributed by atoms with van der Waals surface area (Å²) < 4.78 is 5.43. The predicted octanol–water partition coefficient (Wildman–Crippen LogP) is 0.836. The van der Waals surface area contributed by atoms with Gasteiger partial charge in [0.25, 0.3) is 5.56 Å². The number of ether oxygens (including phenoxy) is 1. The summed E-state index contributed by atoms with van der Waals surface area (Å²) in [6.45, 7) is 4.20. The van der Waals surface area contributed by atoms with Crippen LogP contribution in [0.1, 0.15) is 42.6 Å². The van der Waals surface area contributed by atoms with Crippen LogP contribution in [-0.2, 0) is 27.8 Å². The topological polar surface area (TPSA) is 104 Å². The minimum absolute atomic E-state index is 0.00848.